The molecule has 0 bridgehead atoms. The van der Waals surface area contributed by atoms with Gasteiger partial charge in [0, 0.05) is 11.9 Å². The Morgan fingerprint density at radius 1 is 1.12 bits per heavy atom. The van der Waals surface area contributed by atoms with Crippen molar-refractivity contribution in [3.63, 3.8) is 0 Å². The van der Waals surface area contributed by atoms with Crippen LogP contribution >= 0.6 is 23.1 Å². The number of hydrogen-bond acceptors (Lipinski definition) is 5. The molecule has 0 saturated carbocycles. The maximum absolute atomic E-state index is 13.1. The van der Waals surface area contributed by atoms with Gasteiger partial charge in [-0.2, -0.15) is 13.2 Å². The van der Waals surface area contributed by atoms with Gasteiger partial charge in [-0.1, -0.05) is 54.2 Å². The molecule has 164 valence electrons. The van der Waals surface area contributed by atoms with Crippen molar-refractivity contribution < 1.29 is 18.0 Å². The Hall–Kier alpha value is -3.11. The number of rotatable bonds is 5. The predicted octanol–water partition coefficient (Wildman–Crippen LogP) is 5.41. The summed E-state index contributed by atoms with van der Waals surface area (Å²) in [4.78, 5) is 31.0. The lowest BCUT2D eigenvalue weighted by molar-refractivity contribution is -0.137. The summed E-state index contributed by atoms with van der Waals surface area (Å²) in [5.74, 6) is -0.827. The lowest BCUT2D eigenvalue weighted by atomic mass is 10.1. The van der Waals surface area contributed by atoms with E-state index in [1.165, 1.54) is 34.1 Å². The zero-order valence-corrected chi connectivity index (χ0v) is 18.3. The minimum atomic E-state index is -4.58. The molecule has 0 fully saturated rings. The van der Waals surface area contributed by atoms with E-state index in [0.717, 1.165) is 28.3 Å². The number of amides is 1. The SMILES string of the molecule is Cn1c(SCC(=O)Nc2ccccc2C(F)(F)F)nc2sc(-c3ccccc3)cc2c1=O. The maximum Gasteiger partial charge on any atom is 0.418 e. The largest absolute Gasteiger partial charge is 0.418 e. The van der Waals surface area contributed by atoms with Gasteiger partial charge in [-0.25, -0.2) is 4.98 Å². The first kappa shape index (κ1) is 22.1. The highest BCUT2D eigenvalue weighted by Crippen LogP contribution is 2.35. The first-order chi connectivity index (χ1) is 15.2. The Bertz CT molecular complexity index is 1350. The second-order valence-electron chi connectivity index (χ2n) is 6.83. The van der Waals surface area contributed by atoms with E-state index in [1.54, 1.807) is 13.1 Å². The average Bonchev–Trinajstić information content (AvgIpc) is 3.20. The van der Waals surface area contributed by atoms with Gasteiger partial charge in [0.1, 0.15) is 4.83 Å². The number of nitrogens with zero attached hydrogens (tertiary/aromatic N) is 2. The molecule has 2 heterocycles. The van der Waals surface area contributed by atoms with Crippen LogP contribution in [0.3, 0.4) is 0 Å². The molecule has 4 rings (SSSR count). The van der Waals surface area contributed by atoms with E-state index >= 15 is 0 Å². The third kappa shape index (κ3) is 4.56. The number of para-hydroxylation sites is 1. The number of aromatic nitrogens is 2. The van der Waals surface area contributed by atoms with Gasteiger partial charge in [0.25, 0.3) is 5.56 Å². The monoisotopic (exact) mass is 475 g/mol. The van der Waals surface area contributed by atoms with Crippen molar-refractivity contribution in [1.82, 2.24) is 9.55 Å². The molecule has 10 heteroatoms. The zero-order valence-electron chi connectivity index (χ0n) is 16.6. The Balaban J connectivity index is 1.54. The van der Waals surface area contributed by atoms with Gasteiger partial charge in [-0.3, -0.25) is 14.2 Å². The molecule has 5 nitrogen and oxygen atoms in total. The van der Waals surface area contributed by atoms with E-state index in [0.29, 0.717) is 15.4 Å². The van der Waals surface area contributed by atoms with Crippen molar-refractivity contribution in [3.05, 3.63) is 76.6 Å². The van der Waals surface area contributed by atoms with Gasteiger partial charge in [-0.05, 0) is 23.8 Å². The van der Waals surface area contributed by atoms with Crippen molar-refractivity contribution in [2.45, 2.75) is 11.3 Å². The molecule has 0 radical (unpaired) electrons. The molecular weight excluding hydrogens is 459 g/mol. The fraction of sp³-hybridized carbons (Fsp3) is 0.136. The molecule has 0 saturated heterocycles. The van der Waals surface area contributed by atoms with Crippen molar-refractivity contribution in [2.75, 3.05) is 11.1 Å². The lowest BCUT2D eigenvalue weighted by Crippen LogP contribution is -2.21. The van der Waals surface area contributed by atoms with Gasteiger partial charge < -0.3 is 5.32 Å². The summed E-state index contributed by atoms with van der Waals surface area (Å²) in [6.45, 7) is 0. The number of thiophene rings is 1. The second-order valence-corrected chi connectivity index (χ2v) is 8.81. The molecule has 0 aliphatic heterocycles. The number of benzene rings is 2. The Morgan fingerprint density at radius 3 is 2.53 bits per heavy atom. The predicted molar refractivity (Wildman–Crippen MR) is 121 cm³/mol. The first-order valence-electron chi connectivity index (χ1n) is 9.39. The lowest BCUT2D eigenvalue weighted by Gasteiger charge is -2.13. The number of halogens is 3. The normalized spacial score (nSPS) is 11.6. The topological polar surface area (TPSA) is 64.0 Å². The molecule has 2 aromatic heterocycles. The summed E-state index contributed by atoms with van der Waals surface area (Å²) in [7, 11) is 1.55. The van der Waals surface area contributed by atoms with Crippen molar-refractivity contribution in [3.8, 4) is 10.4 Å². The van der Waals surface area contributed by atoms with E-state index in [1.807, 2.05) is 30.3 Å². The Kier molecular flexibility index (Phi) is 6.07. The van der Waals surface area contributed by atoms with Gasteiger partial charge in [0.15, 0.2) is 5.16 Å². The van der Waals surface area contributed by atoms with Gasteiger partial charge in [-0.15, -0.1) is 11.3 Å². The number of anilines is 1. The number of nitrogens with one attached hydrogen (secondary N) is 1. The third-order valence-corrected chi connectivity index (χ3v) is 6.74. The van der Waals surface area contributed by atoms with E-state index in [2.05, 4.69) is 10.3 Å². The van der Waals surface area contributed by atoms with Gasteiger partial charge in [0.05, 0.1) is 22.4 Å². The highest BCUT2D eigenvalue weighted by Gasteiger charge is 2.33. The number of alkyl halides is 3. The van der Waals surface area contributed by atoms with Crippen LogP contribution in [-0.2, 0) is 18.0 Å². The number of hydrogen-bond donors (Lipinski definition) is 1. The minimum absolute atomic E-state index is 0.200. The van der Waals surface area contributed by atoms with Crippen LogP contribution in [0.15, 0.2) is 70.6 Å². The highest BCUT2D eigenvalue weighted by molar-refractivity contribution is 7.99. The summed E-state index contributed by atoms with van der Waals surface area (Å²) in [6.07, 6.45) is -4.58. The second kappa shape index (κ2) is 8.79. The van der Waals surface area contributed by atoms with Crippen LogP contribution in [0.1, 0.15) is 5.56 Å². The molecule has 0 aliphatic carbocycles. The molecule has 1 N–H and O–H groups in total. The summed E-state index contributed by atoms with van der Waals surface area (Å²) < 4.78 is 40.7. The minimum Gasteiger partial charge on any atom is -0.325 e. The van der Waals surface area contributed by atoms with Crippen LogP contribution in [0.25, 0.3) is 20.7 Å². The van der Waals surface area contributed by atoms with Crippen LogP contribution < -0.4 is 10.9 Å². The van der Waals surface area contributed by atoms with E-state index in [4.69, 9.17) is 0 Å². The standard InChI is InChI=1S/C22H16F3N3O2S2/c1-28-20(30)14-11-17(13-7-3-2-4-8-13)32-19(14)27-21(28)31-12-18(29)26-16-10-6-5-9-15(16)22(23,24)25/h2-11H,12H2,1H3,(H,26,29). The van der Waals surface area contributed by atoms with E-state index in [-0.39, 0.29) is 17.0 Å². The maximum atomic E-state index is 13.1. The summed E-state index contributed by atoms with van der Waals surface area (Å²) >= 11 is 2.35. The average molecular weight is 476 g/mol. The fourth-order valence-corrected chi connectivity index (χ4v) is 4.93. The zero-order chi connectivity index (χ0) is 22.9. The van der Waals surface area contributed by atoms with Crippen molar-refractivity contribution in [1.29, 1.82) is 0 Å². The molecule has 0 aliphatic rings. The third-order valence-electron chi connectivity index (χ3n) is 4.63. The van der Waals surface area contributed by atoms with E-state index < -0.39 is 17.6 Å². The van der Waals surface area contributed by atoms with Crippen LogP contribution in [-0.4, -0.2) is 21.2 Å². The highest BCUT2D eigenvalue weighted by atomic mass is 32.2. The molecule has 4 aromatic rings. The molecular formula is C22H16F3N3O2S2. The fourth-order valence-electron chi connectivity index (χ4n) is 3.08. The van der Waals surface area contributed by atoms with Gasteiger partial charge in [0.2, 0.25) is 5.91 Å². The summed E-state index contributed by atoms with van der Waals surface area (Å²) in [6, 6.07) is 16.2. The summed E-state index contributed by atoms with van der Waals surface area (Å²) in [5.41, 5.74) is -0.515. The van der Waals surface area contributed by atoms with Gasteiger partial charge >= 0.3 is 6.18 Å². The quantitative estimate of drug-likeness (QED) is 0.310. The van der Waals surface area contributed by atoms with Crippen molar-refractivity contribution >= 4 is 44.9 Å². The van der Waals surface area contributed by atoms with Crippen LogP contribution in [0.4, 0.5) is 18.9 Å². The smallest absolute Gasteiger partial charge is 0.325 e. The van der Waals surface area contributed by atoms with Crippen LogP contribution in [0.5, 0.6) is 0 Å². The molecule has 0 unspecified atom stereocenters. The van der Waals surface area contributed by atoms with Crippen molar-refractivity contribution in [2.24, 2.45) is 7.05 Å². The van der Waals surface area contributed by atoms with Crippen LogP contribution in [0, 0.1) is 0 Å². The molecule has 32 heavy (non-hydrogen) atoms. The molecule has 0 spiro atoms. The first-order valence-corrected chi connectivity index (χ1v) is 11.2. The molecule has 0 atom stereocenters. The number of carbonyl (C=O) groups excluding carboxylic acids is 1. The Labute approximate surface area is 188 Å². The summed E-state index contributed by atoms with van der Waals surface area (Å²) in [5, 5.41) is 3.08. The van der Waals surface area contributed by atoms with Crippen LogP contribution in [0.2, 0.25) is 0 Å². The molecule has 1 amide bonds. The van der Waals surface area contributed by atoms with E-state index in [9.17, 15) is 22.8 Å². The number of fused-ring (bicyclic) bond motifs is 1. The molecule has 2 aromatic carbocycles. The number of carbonyl (C=O) groups is 1. The Morgan fingerprint density at radius 2 is 1.81 bits per heavy atom. The number of thioether (sulfide) groups is 1.